The smallest absolute Gasteiger partial charge is 0.286 e. The SMILES string of the molecule is Cl.Cn1c(COc2ccc(CC3SC(=O)NC3=O)cc2)nc2ccc(Cl)cc21. The Morgan fingerprint density at radius 3 is 2.64 bits per heavy atom. The topological polar surface area (TPSA) is 73.2 Å². The molecular formula is C19H17Cl2N3O3S. The van der Waals surface area contributed by atoms with Crippen molar-refractivity contribution in [1.29, 1.82) is 0 Å². The molecule has 3 aromatic rings. The van der Waals surface area contributed by atoms with Crippen LogP contribution < -0.4 is 10.1 Å². The van der Waals surface area contributed by atoms with Crippen molar-refractivity contribution in [1.82, 2.24) is 14.9 Å². The zero-order chi connectivity index (χ0) is 19.0. The lowest BCUT2D eigenvalue weighted by Crippen LogP contribution is -2.25. The number of imidazole rings is 1. The van der Waals surface area contributed by atoms with Crippen LogP contribution >= 0.6 is 35.8 Å². The molecule has 0 spiro atoms. The minimum atomic E-state index is -0.365. The van der Waals surface area contributed by atoms with Crippen molar-refractivity contribution < 1.29 is 14.3 Å². The van der Waals surface area contributed by atoms with Crippen LogP contribution in [0, 0.1) is 0 Å². The molecule has 28 heavy (non-hydrogen) atoms. The molecular weight excluding hydrogens is 421 g/mol. The van der Waals surface area contributed by atoms with Crippen LogP contribution in [0.2, 0.25) is 5.02 Å². The first kappa shape index (κ1) is 20.5. The number of carbonyl (C=O) groups excluding carboxylic acids is 2. The lowest BCUT2D eigenvalue weighted by molar-refractivity contribution is -0.118. The van der Waals surface area contributed by atoms with Crippen LogP contribution in [0.5, 0.6) is 5.75 Å². The molecule has 1 aromatic heterocycles. The predicted octanol–water partition coefficient (Wildman–Crippen LogP) is 4.12. The Hall–Kier alpha value is -2.22. The van der Waals surface area contributed by atoms with Gasteiger partial charge in [0.15, 0.2) is 0 Å². The van der Waals surface area contributed by atoms with Gasteiger partial charge in [-0.1, -0.05) is 35.5 Å². The molecule has 4 rings (SSSR count). The summed E-state index contributed by atoms with van der Waals surface area (Å²) in [5.41, 5.74) is 2.80. The molecule has 6 nitrogen and oxygen atoms in total. The summed E-state index contributed by atoms with van der Waals surface area (Å²) in [5, 5.41) is 2.32. The fraction of sp³-hybridized carbons (Fsp3) is 0.211. The fourth-order valence-corrected chi connectivity index (χ4v) is 3.98. The number of nitrogens with zero attached hydrogens (tertiary/aromatic N) is 2. The van der Waals surface area contributed by atoms with Crippen molar-refractivity contribution in [2.24, 2.45) is 7.05 Å². The Labute approximate surface area is 177 Å². The Morgan fingerprint density at radius 2 is 1.96 bits per heavy atom. The highest BCUT2D eigenvalue weighted by molar-refractivity contribution is 8.15. The summed E-state index contributed by atoms with van der Waals surface area (Å²) in [5.74, 6) is 1.28. The minimum absolute atomic E-state index is 0. The molecule has 1 fully saturated rings. The van der Waals surface area contributed by atoms with Crippen LogP contribution in [0.4, 0.5) is 4.79 Å². The number of rotatable bonds is 5. The zero-order valence-corrected chi connectivity index (χ0v) is 17.2. The van der Waals surface area contributed by atoms with Gasteiger partial charge in [-0.25, -0.2) is 4.98 Å². The van der Waals surface area contributed by atoms with Crippen molar-refractivity contribution in [3.8, 4) is 5.75 Å². The summed E-state index contributed by atoms with van der Waals surface area (Å²) < 4.78 is 7.80. The molecule has 1 aliphatic heterocycles. The van der Waals surface area contributed by atoms with E-state index in [2.05, 4.69) is 10.3 Å². The number of imide groups is 1. The fourth-order valence-electron chi connectivity index (χ4n) is 2.95. The van der Waals surface area contributed by atoms with Gasteiger partial charge in [0.25, 0.3) is 5.24 Å². The van der Waals surface area contributed by atoms with Gasteiger partial charge < -0.3 is 9.30 Å². The van der Waals surface area contributed by atoms with E-state index in [9.17, 15) is 9.59 Å². The second-order valence-electron chi connectivity index (χ2n) is 6.24. The summed E-state index contributed by atoms with van der Waals surface area (Å²) in [6.07, 6.45) is 0.508. The lowest BCUT2D eigenvalue weighted by atomic mass is 10.1. The predicted molar refractivity (Wildman–Crippen MR) is 112 cm³/mol. The molecule has 9 heteroatoms. The number of hydrogen-bond acceptors (Lipinski definition) is 5. The third-order valence-corrected chi connectivity index (χ3v) is 5.63. The summed E-state index contributed by atoms with van der Waals surface area (Å²) in [6.45, 7) is 0.331. The standard InChI is InChI=1S/C19H16ClN3O3S.ClH/c1-23-15-9-12(20)4-7-14(15)21-17(23)10-26-13-5-2-11(3-6-13)8-16-18(24)22-19(25)27-16;/h2-7,9,16H,8,10H2,1H3,(H,22,24,25);1H. The number of carbonyl (C=O) groups is 2. The first-order valence-corrected chi connectivity index (χ1v) is 9.59. The molecule has 2 aromatic carbocycles. The van der Waals surface area contributed by atoms with E-state index >= 15 is 0 Å². The van der Waals surface area contributed by atoms with Crippen molar-refractivity contribution in [2.75, 3.05) is 0 Å². The van der Waals surface area contributed by atoms with Crippen molar-refractivity contribution in [2.45, 2.75) is 18.3 Å². The van der Waals surface area contributed by atoms with Crippen LogP contribution in [0.3, 0.4) is 0 Å². The van der Waals surface area contributed by atoms with E-state index in [0.29, 0.717) is 23.8 Å². The van der Waals surface area contributed by atoms with Gasteiger partial charge in [-0.3, -0.25) is 14.9 Å². The summed E-state index contributed by atoms with van der Waals surface area (Å²) in [6, 6.07) is 13.1. The Kier molecular flexibility index (Phi) is 6.17. The van der Waals surface area contributed by atoms with E-state index in [1.54, 1.807) is 0 Å². The van der Waals surface area contributed by atoms with Crippen LogP contribution in [-0.2, 0) is 24.9 Å². The molecule has 0 aliphatic carbocycles. The Balaban J connectivity index is 0.00000225. The molecule has 1 aliphatic rings. The van der Waals surface area contributed by atoms with Gasteiger partial charge in [-0.05, 0) is 42.3 Å². The average molecular weight is 438 g/mol. The average Bonchev–Trinajstić information content (AvgIpc) is 3.13. The first-order chi connectivity index (χ1) is 13.0. The number of hydrogen-bond donors (Lipinski definition) is 1. The third kappa shape index (κ3) is 4.27. The maximum Gasteiger partial charge on any atom is 0.286 e. The number of ether oxygens (including phenoxy) is 1. The minimum Gasteiger partial charge on any atom is -0.486 e. The van der Waals surface area contributed by atoms with Crippen LogP contribution in [0.1, 0.15) is 11.4 Å². The quantitative estimate of drug-likeness (QED) is 0.649. The molecule has 146 valence electrons. The molecule has 2 amide bonds. The number of thioether (sulfide) groups is 1. The second kappa shape index (κ2) is 8.43. The highest BCUT2D eigenvalue weighted by Gasteiger charge is 2.31. The number of aromatic nitrogens is 2. The molecule has 1 atom stereocenters. The highest BCUT2D eigenvalue weighted by Crippen LogP contribution is 2.24. The van der Waals surface area contributed by atoms with Gasteiger partial charge in [0.05, 0.1) is 16.3 Å². The van der Waals surface area contributed by atoms with Crippen LogP contribution in [-0.4, -0.2) is 25.9 Å². The Morgan fingerprint density at radius 1 is 1.21 bits per heavy atom. The lowest BCUT2D eigenvalue weighted by Gasteiger charge is -2.09. The molecule has 2 heterocycles. The summed E-state index contributed by atoms with van der Waals surface area (Å²) >= 11 is 7.08. The van der Waals surface area contributed by atoms with Gasteiger partial charge in [-0.2, -0.15) is 0 Å². The van der Waals surface area contributed by atoms with Gasteiger partial charge >= 0.3 is 0 Å². The second-order valence-corrected chi connectivity index (χ2v) is 7.85. The molecule has 1 saturated heterocycles. The zero-order valence-electron chi connectivity index (χ0n) is 14.8. The van der Waals surface area contributed by atoms with E-state index in [1.165, 1.54) is 0 Å². The van der Waals surface area contributed by atoms with Crippen molar-refractivity contribution in [3.63, 3.8) is 0 Å². The number of amides is 2. The van der Waals surface area contributed by atoms with Gasteiger partial charge in [0.2, 0.25) is 5.91 Å². The van der Waals surface area contributed by atoms with Gasteiger partial charge in [0, 0.05) is 12.1 Å². The van der Waals surface area contributed by atoms with Crippen LogP contribution in [0.25, 0.3) is 11.0 Å². The van der Waals surface area contributed by atoms with Gasteiger partial charge in [0.1, 0.15) is 18.2 Å². The van der Waals surface area contributed by atoms with E-state index in [1.807, 2.05) is 54.1 Å². The molecule has 0 saturated carbocycles. The first-order valence-electron chi connectivity index (χ1n) is 8.33. The molecule has 1 N–H and O–H groups in total. The number of nitrogens with one attached hydrogen (secondary N) is 1. The monoisotopic (exact) mass is 437 g/mol. The van der Waals surface area contributed by atoms with E-state index in [0.717, 1.165) is 34.2 Å². The van der Waals surface area contributed by atoms with Crippen LogP contribution in [0.15, 0.2) is 42.5 Å². The number of fused-ring (bicyclic) bond motifs is 1. The van der Waals surface area contributed by atoms with Gasteiger partial charge in [-0.15, -0.1) is 12.4 Å². The van der Waals surface area contributed by atoms with Crippen molar-refractivity contribution in [3.05, 3.63) is 58.9 Å². The molecule has 0 radical (unpaired) electrons. The third-order valence-electron chi connectivity index (χ3n) is 4.41. The van der Waals surface area contributed by atoms with Crippen molar-refractivity contribution >= 4 is 57.9 Å². The molecule has 1 unspecified atom stereocenters. The number of aryl methyl sites for hydroxylation is 1. The summed E-state index contributed by atoms with van der Waals surface area (Å²) in [7, 11) is 1.93. The molecule has 0 bridgehead atoms. The van der Waals surface area contributed by atoms with E-state index < -0.39 is 0 Å². The normalized spacial score (nSPS) is 16.1. The number of halogens is 2. The Bertz CT molecular complexity index is 1040. The van der Waals surface area contributed by atoms with E-state index in [-0.39, 0.29) is 28.8 Å². The highest BCUT2D eigenvalue weighted by atomic mass is 35.5. The largest absolute Gasteiger partial charge is 0.486 e. The summed E-state index contributed by atoms with van der Waals surface area (Å²) in [4.78, 5) is 27.5. The van der Waals surface area contributed by atoms with E-state index in [4.69, 9.17) is 16.3 Å². The maximum atomic E-state index is 11.6. The number of benzene rings is 2. The maximum absolute atomic E-state index is 11.6.